The Bertz CT molecular complexity index is 758. The number of hydrogen-bond donors (Lipinski definition) is 2. The van der Waals surface area contributed by atoms with Gasteiger partial charge in [0, 0.05) is 11.0 Å². The molecule has 0 radical (unpaired) electrons. The summed E-state index contributed by atoms with van der Waals surface area (Å²) in [6.45, 7) is 1.92. The van der Waals surface area contributed by atoms with Gasteiger partial charge in [-0.05, 0) is 18.6 Å². The van der Waals surface area contributed by atoms with Crippen LogP contribution in [0, 0.1) is 29.6 Å². The van der Waals surface area contributed by atoms with Gasteiger partial charge >= 0.3 is 0 Å². The Hall–Kier alpha value is -2.63. The third-order valence-electron chi connectivity index (χ3n) is 2.77. The molecule has 98 valence electrons. The van der Waals surface area contributed by atoms with Crippen molar-refractivity contribution < 1.29 is 10.2 Å². The molecule has 0 aliphatic heterocycles. The fourth-order valence-corrected chi connectivity index (χ4v) is 2.77. The summed E-state index contributed by atoms with van der Waals surface area (Å²) in [4.78, 5) is 1.23. The Morgan fingerprint density at radius 2 is 1.80 bits per heavy atom. The zero-order valence-corrected chi connectivity index (χ0v) is 11.4. The van der Waals surface area contributed by atoms with Crippen molar-refractivity contribution in [2.24, 2.45) is 0 Å². The minimum absolute atomic E-state index is 0.0881. The van der Waals surface area contributed by atoms with Crippen molar-refractivity contribution in [3.05, 3.63) is 47.0 Å². The first kappa shape index (κ1) is 13.8. The van der Waals surface area contributed by atoms with Crippen LogP contribution < -0.4 is 0 Å². The van der Waals surface area contributed by atoms with Crippen molar-refractivity contribution in [1.82, 2.24) is 0 Å². The first-order valence-electron chi connectivity index (χ1n) is 5.71. The molecular formula is C15H10N2O2S. The number of benzene rings is 2. The van der Waals surface area contributed by atoms with Gasteiger partial charge in [-0.2, -0.15) is 10.5 Å². The first-order valence-corrected chi connectivity index (χ1v) is 6.52. The average Bonchev–Trinajstić information content (AvgIpc) is 2.45. The minimum Gasteiger partial charge on any atom is -0.504 e. The van der Waals surface area contributed by atoms with Crippen LogP contribution in [0.15, 0.2) is 40.1 Å². The van der Waals surface area contributed by atoms with Crippen LogP contribution in [0.5, 0.6) is 11.5 Å². The molecule has 2 rings (SSSR count). The molecule has 2 aromatic rings. The summed E-state index contributed by atoms with van der Waals surface area (Å²) in [7, 11) is 0. The van der Waals surface area contributed by atoms with E-state index in [0.29, 0.717) is 4.90 Å². The average molecular weight is 282 g/mol. The molecular weight excluding hydrogens is 272 g/mol. The van der Waals surface area contributed by atoms with E-state index in [2.05, 4.69) is 0 Å². The van der Waals surface area contributed by atoms with E-state index >= 15 is 0 Å². The normalized spacial score (nSPS) is 9.75. The molecule has 0 aliphatic carbocycles. The molecule has 0 unspecified atom stereocenters. The highest BCUT2D eigenvalue weighted by molar-refractivity contribution is 7.99. The molecule has 0 saturated carbocycles. The van der Waals surface area contributed by atoms with E-state index < -0.39 is 11.5 Å². The van der Waals surface area contributed by atoms with Crippen LogP contribution in [0.1, 0.15) is 16.7 Å². The van der Waals surface area contributed by atoms with Gasteiger partial charge in [0.15, 0.2) is 11.5 Å². The second-order valence-corrected chi connectivity index (χ2v) is 5.14. The Labute approximate surface area is 120 Å². The number of rotatable bonds is 2. The summed E-state index contributed by atoms with van der Waals surface area (Å²) in [5, 5.41) is 37.6. The summed E-state index contributed by atoms with van der Waals surface area (Å²) < 4.78 is 0. The summed E-state index contributed by atoms with van der Waals surface area (Å²) in [5.74, 6) is -0.963. The Kier molecular flexibility index (Phi) is 3.84. The van der Waals surface area contributed by atoms with Gasteiger partial charge in [-0.25, -0.2) is 0 Å². The molecule has 0 aromatic heterocycles. The van der Waals surface area contributed by atoms with E-state index in [1.807, 2.05) is 43.3 Å². The van der Waals surface area contributed by atoms with Crippen LogP contribution in [-0.2, 0) is 0 Å². The Morgan fingerprint density at radius 1 is 1.10 bits per heavy atom. The maximum absolute atomic E-state index is 9.75. The molecule has 0 heterocycles. The van der Waals surface area contributed by atoms with Crippen LogP contribution in [0.2, 0.25) is 0 Å². The predicted octanol–water partition coefficient (Wildman–Crippen LogP) is 3.30. The van der Waals surface area contributed by atoms with Crippen molar-refractivity contribution in [3.63, 3.8) is 0 Å². The summed E-state index contributed by atoms with van der Waals surface area (Å²) in [6, 6.07) is 12.5. The zero-order chi connectivity index (χ0) is 14.7. The molecule has 4 nitrogen and oxygen atoms in total. The predicted molar refractivity (Wildman–Crippen MR) is 74.5 cm³/mol. The Balaban J connectivity index is 2.63. The molecule has 2 N–H and O–H groups in total. The zero-order valence-electron chi connectivity index (χ0n) is 10.6. The highest BCUT2D eigenvalue weighted by atomic mass is 32.2. The molecule has 20 heavy (non-hydrogen) atoms. The smallest absolute Gasteiger partial charge is 0.176 e. The van der Waals surface area contributed by atoms with Crippen LogP contribution in [0.25, 0.3) is 0 Å². The van der Waals surface area contributed by atoms with Gasteiger partial charge in [-0.15, -0.1) is 0 Å². The topological polar surface area (TPSA) is 88.0 Å². The number of aromatic hydroxyl groups is 2. The van der Waals surface area contributed by atoms with E-state index in [-0.39, 0.29) is 11.1 Å². The maximum Gasteiger partial charge on any atom is 0.176 e. The SMILES string of the molecule is Cc1ccccc1Sc1c(C#N)cc(O)c(O)c1C#N. The van der Waals surface area contributed by atoms with Gasteiger partial charge in [0.25, 0.3) is 0 Å². The molecule has 0 aliphatic rings. The van der Waals surface area contributed by atoms with Crippen molar-refractivity contribution in [2.45, 2.75) is 16.7 Å². The van der Waals surface area contributed by atoms with Gasteiger partial charge in [0.1, 0.15) is 17.7 Å². The fourth-order valence-electron chi connectivity index (χ4n) is 1.71. The number of phenols is 2. The van der Waals surface area contributed by atoms with Crippen molar-refractivity contribution >= 4 is 11.8 Å². The number of nitrogens with zero attached hydrogens (tertiary/aromatic N) is 2. The van der Waals surface area contributed by atoms with Crippen molar-refractivity contribution in [3.8, 4) is 23.6 Å². The minimum atomic E-state index is -0.498. The quantitative estimate of drug-likeness (QED) is 0.825. The first-order chi connectivity index (χ1) is 9.58. The molecule has 0 fully saturated rings. The molecule has 0 saturated heterocycles. The Morgan fingerprint density at radius 3 is 2.40 bits per heavy atom. The second-order valence-electron chi connectivity index (χ2n) is 4.09. The monoisotopic (exact) mass is 282 g/mol. The molecule has 0 bridgehead atoms. The molecule has 5 heteroatoms. The number of nitriles is 2. The molecule has 0 amide bonds. The maximum atomic E-state index is 9.75. The van der Waals surface area contributed by atoms with Gasteiger partial charge in [0.2, 0.25) is 0 Å². The van der Waals surface area contributed by atoms with Crippen LogP contribution in [-0.4, -0.2) is 10.2 Å². The van der Waals surface area contributed by atoms with Crippen molar-refractivity contribution in [1.29, 1.82) is 10.5 Å². The molecule has 0 spiro atoms. The van der Waals surface area contributed by atoms with Gasteiger partial charge in [0.05, 0.1) is 10.5 Å². The van der Waals surface area contributed by atoms with Gasteiger partial charge in [-0.1, -0.05) is 30.0 Å². The largest absolute Gasteiger partial charge is 0.504 e. The lowest BCUT2D eigenvalue weighted by atomic mass is 10.1. The molecule has 0 atom stereocenters. The highest BCUT2D eigenvalue weighted by Crippen LogP contribution is 2.41. The fraction of sp³-hybridized carbons (Fsp3) is 0.0667. The lowest BCUT2D eigenvalue weighted by Crippen LogP contribution is -1.90. The van der Waals surface area contributed by atoms with Crippen LogP contribution in [0.3, 0.4) is 0 Å². The van der Waals surface area contributed by atoms with Crippen LogP contribution in [0.4, 0.5) is 0 Å². The second kappa shape index (κ2) is 5.56. The third-order valence-corrected chi connectivity index (χ3v) is 4.08. The third kappa shape index (κ3) is 2.40. The number of hydrogen-bond acceptors (Lipinski definition) is 5. The van der Waals surface area contributed by atoms with Crippen molar-refractivity contribution in [2.75, 3.05) is 0 Å². The van der Waals surface area contributed by atoms with Gasteiger partial charge < -0.3 is 10.2 Å². The van der Waals surface area contributed by atoms with E-state index in [1.165, 1.54) is 11.8 Å². The summed E-state index contributed by atoms with van der Waals surface area (Å²) >= 11 is 1.22. The van der Waals surface area contributed by atoms with E-state index in [0.717, 1.165) is 16.5 Å². The van der Waals surface area contributed by atoms with Crippen LogP contribution >= 0.6 is 11.8 Å². The van der Waals surface area contributed by atoms with Gasteiger partial charge in [-0.3, -0.25) is 0 Å². The summed E-state index contributed by atoms with van der Waals surface area (Å²) in [6.07, 6.45) is 0. The lowest BCUT2D eigenvalue weighted by molar-refractivity contribution is 0.401. The molecule has 2 aromatic carbocycles. The lowest BCUT2D eigenvalue weighted by Gasteiger charge is -2.10. The summed E-state index contributed by atoms with van der Waals surface area (Å²) in [5.41, 5.74) is 1.07. The van der Waals surface area contributed by atoms with E-state index in [4.69, 9.17) is 10.5 Å². The standard InChI is InChI=1S/C15H10N2O2S/c1-9-4-2-3-5-13(9)20-15-10(7-16)6-12(18)14(19)11(15)8-17/h2-6,18-19H,1H3. The number of phenolic OH excluding ortho intramolecular Hbond substituents is 2. The van der Waals surface area contributed by atoms with E-state index in [9.17, 15) is 10.2 Å². The number of aryl methyl sites for hydroxylation is 1. The highest BCUT2D eigenvalue weighted by Gasteiger charge is 2.19. The van der Waals surface area contributed by atoms with E-state index in [1.54, 1.807) is 0 Å².